The molecule has 8 aromatic carbocycles. The lowest BCUT2D eigenvalue weighted by atomic mass is 9.91. The molecule has 0 atom stereocenters. The highest BCUT2D eigenvalue weighted by Gasteiger charge is 2.19. The Kier molecular flexibility index (Phi) is 6.18. The summed E-state index contributed by atoms with van der Waals surface area (Å²) in [6.07, 6.45) is 0. The average Bonchev–Trinajstić information content (AvgIpc) is 3.56. The molecule has 0 N–H and O–H groups in total. The summed E-state index contributed by atoms with van der Waals surface area (Å²) >= 11 is 0. The van der Waals surface area contributed by atoms with Crippen LogP contribution >= 0.6 is 0 Å². The van der Waals surface area contributed by atoms with E-state index in [1.165, 1.54) is 32.3 Å². The van der Waals surface area contributed by atoms with Crippen molar-refractivity contribution in [3.8, 4) is 44.9 Å². The maximum atomic E-state index is 6.66. The van der Waals surface area contributed by atoms with E-state index in [1.54, 1.807) is 0 Å². The van der Waals surface area contributed by atoms with E-state index in [0.717, 1.165) is 55.6 Å². The molecule has 49 heavy (non-hydrogen) atoms. The fourth-order valence-electron chi connectivity index (χ4n) is 7.30. The summed E-state index contributed by atoms with van der Waals surface area (Å²) in [4.78, 5) is 10.3. The number of hydrogen-bond acceptors (Lipinski definition) is 3. The van der Waals surface area contributed by atoms with Crippen molar-refractivity contribution in [3.05, 3.63) is 170 Å². The van der Waals surface area contributed by atoms with Crippen LogP contribution in [0.5, 0.6) is 0 Å². The highest BCUT2D eigenvalue weighted by atomic mass is 16.3. The lowest BCUT2D eigenvalue weighted by molar-refractivity contribution is 0.667. The van der Waals surface area contributed by atoms with Gasteiger partial charge in [-0.1, -0.05) is 146 Å². The quantitative estimate of drug-likeness (QED) is 0.183. The van der Waals surface area contributed by atoms with E-state index in [9.17, 15) is 0 Å². The molecular weight excluding hydrogens is 597 g/mol. The number of aromatic nitrogens is 2. The van der Waals surface area contributed by atoms with Crippen LogP contribution in [0.1, 0.15) is 0 Å². The van der Waals surface area contributed by atoms with Gasteiger partial charge < -0.3 is 4.42 Å². The molecule has 0 fully saturated rings. The molecule has 0 amide bonds. The summed E-state index contributed by atoms with van der Waals surface area (Å²) in [5, 5.41) is 8.57. The standard InChI is InChI=1S/C46H28N2O/c1-3-12-29(13-4-1)33-23-25-40-42(28-33)49-45-43(47-46(48-44(40)45)30-14-5-2-6-15-30)34-17-11-16-31(26-34)32-22-24-39-37-20-8-7-18-35(37)36-19-9-10-21-38(36)41(39)27-32/h1-28H. The van der Waals surface area contributed by atoms with Crippen LogP contribution in [0.4, 0.5) is 0 Å². The molecule has 0 saturated heterocycles. The third-order valence-electron chi connectivity index (χ3n) is 9.67. The minimum absolute atomic E-state index is 0.674. The van der Waals surface area contributed by atoms with Crippen LogP contribution in [0, 0.1) is 0 Å². The molecule has 0 aliphatic rings. The van der Waals surface area contributed by atoms with Crippen molar-refractivity contribution in [1.29, 1.82) is 0 Å². The molecule has 2 heterocycles. The highest BCUT2D eigenvalue weighted by molar-refractivity contribution is 6.25. The normalized spacial score (nSPS) is 11.7. The van der Waals surface area contributed by atoms with Crippen LogP contribution < -0.4 is 0 Å². The van der Waals surface area contributed by atoms with Gasteiger partial charge in [0.05, 0.1) is 0 Å². The van der Waals surface area contributed by atoms with E-state index in [0.29, 0.717) is 11.4 Å². The number of furan rings is 1. The van der Waals surface area contributed by atoms with Gasteiger partial charge in [-0.3, -0.25) is 0 Å². The Morgan fingerprint density at radius 3 is 1.53 bits per heavy atom. The van der Waals surface area contributed by atoms with E-state index >= 15 is 0 Å². The van der Waals surface area contributed by atoms with Crippen molar-refractivity contribution in [3.63, 3.8) is 0 Å². The van der Waals surface area contributed by atoms with Gasteiger partial charge in [-0.15, -0.1) is 0 Å². The van der Waals surface area contributed by atoms with E-state index in [4.69, 9.17) is 14.4 Å². The predicted octanol–water partition coefficient (Wildman–Crippen LogP) is 12.5. The molecule has 0 aliphatic heterocycles. The summed E-state index contributed by atoms with van der Waals surface area (Å²) in [6.45, 7) is 0. The van der Waals surface area contributed by atoms with Crippen LogP contribution in [-0.4, -0.2) is 9.97 Å². The third-order valence-corrected chi connectivity index (χ3v) is 9.67. The topological polar surface area (TPSA) is 38.9 Å². The molecule has 0 unspecified atom stereocenters. The first-order chi connectivity index (χ1) is 24.3. The number of fused-ring (bicyclic) bond motifs is 9. The zero-order chi connectivity index (χ0) is 32.3. The lowest BCUT2D eigenvalue weighted by Gasteiger charge is -2.12. The lowest BCUT2D eigenvalue weighted by Crippen LogP contribution is -1.94. The van der Waals surface area contributed by atoms with Crippen molar-refractivity contribution < 1.29 is 4.42 Å². The zero-order valence-electron chi connectivity index (χ0n) is 26.5. The third kappa shape index (κ3) is 4.51. The second kappa shape index (κ2) is 11.0. The Balaban J connectivity index is 1.18. The zero-order valence-corrected chi connectivity index (χ0v) is 26.5. The molecule has 0 bridgehead atoms. The summed E-state index contributed by atoms with van der Waals surface area (Å²) < 4.78 is 6.66. The number of nitrogens with zero attached hydrogens (tertiary/aromatic N) is 2. The molecule has 0 spiro atoms. The van der Waals surface area contributed by atoms with Gasteiger partial charge >= 0.3 is 0 Å². The minimum atomic E-state index is 0.674. The second-order valence-corrected chi connectivity index (χ2v) is 12.6. The van der Waals surface area contributed by atoms with Gasteiger partial charge in [-0.05, 0) is 78.8 Å². The predicted molar refractivity (Wildman–Crippen MR) is 204 cm³/mol. The van der Waals surface area contributed by atoms with E-state index in [-0.39, 0.29) is 0 Å². The van der Waals surface area contributed by atoms with Crippen LogP contribution in [0.15, 0.2) is 174 Å². The molecular formula is C46H28N2O. The maximum absolute atomic E-state index is 6.66. The average molecular weight is 625 g/mol. The van der Waals surface area contributed by atoms with Gasteiger partial charge in [-0.25, -0.2) is 9.97 Å². The molecule has 2 aromatic heterocycles. The number of rotatable bonds is 4. The highest BCUT2D eigenvalue weighted by Crippen LogP contribution is 2.40. The molecule has 3 heteroatoms. The van der Waals surface area contributed by atoms with Gasteiger partial charge in [0.25, 0.3) is 0 Å². The van der Waals surface area contributed by atoms with E-state index in [1.807, 2.05) is 24.3 Å². The van der Waals surface area contributed by atoms with E-state index < -0.39 is 0 Å². The second-order valence-electron chi connectivity index (χ2n) is 12.6. The maximum Gasteiger partial charge on any atom is 0.180 e. The molecule has 0 radical (unpaired) electrons. The van der Waals surface area contributed by atoms with Crippen LogP contribution in [0.25, 0.3) is 99.3 Å². The first-order valence-electron chi connectivity index (χ1n) is 16.6. The summed E-state index contributed by atoms with van der Waals surface area (Å²) in [5.74, 6) is 0.674. The fraction of sp³-hybridized carbons (Fsp3) is 0. The van der Waals surface area contributed by atoms with Crippen molar-refractivity contribution >= 4 is 54.4 Å². The first-order valence-corrected chi connectivity index (χ1v) is 16.6. The molecule has 10 rings (SSSR count). The van der Waals surface area contributed by atoms with Crippen LogP contribution in [-0.2, 0) is 0 Å². The minimum Gasteiger partial charge on any atom is -0.452 e. The Bertz CT molecular complexity index is 2840. The molecule has 0 aliphatic carbocycles. The first kappa shape index (κ1) is 27.5. The van der Waals surface area contributed by atoms with Crippen molar-refractivity contribution in [2.24, 2.45) is 0 Å². The van der Waals surface area contributed by atoms with Crippen LogP contribution in [0.2, 0.25) is 0 Å². The smallest absolute Gasteiger partial charge is 0.180 e. The van der Waals surface area contributed by atoms with Gasteiger partial charge in [0.15, 0.2) is 11.4 Å². The summed E-state index contributed by atoms with van der Waals surface area (Å²) in [5.41, 5.74) is 9.53. The molecule has 0 saturated carbocycles. The SMILES string of the molecule is c1ccc(-c2ccc3c(c2)oc2c(-c4cccc(-c5ccc6c7ccccc7c7ccccc7c6c5)c4)nc(-c4ccccc4)nc23)cc1. The summed E-state index contributed by atoms with van der Waals surface area (Å²) in [7, 11) is 0. The monoisotopic (exact) mass is 624 g/mol. The Morgan fingerprint density at radius 1 is 0.327 bits per heavy atom. The Labute approximate surface area is 282 Å². The van der Waals surface area contributed by atoms with Gasteiger partial charge in [0, 0.05) is 16.5 Å². The Morgan fingerprint density at radius 2 is 0.837 bits per heavy atom. The van der Waals surface area contributed by atoms with Gasteiger partial charge in [-0.2, -0.15) is 0 Å². The number of benzene rings is 8. The Hall–Kier alpha value is -6.58. The van der Waals surface area contributed by atoms with Gasteiger partial charge in [0.2, 0.25) is 0 Å². The van der Waals surface area contributed by atoms with Gasteiger partial charge in [0.1, 0.15) is 16.8 Å². The van der Waals surface area contributed by atoms with Crippen molar-refractivity contribution in [1.82, 2.24) is 9.97 Å². The summed E-state index contributed by atoms with van der Waals surface area (Å²) in [6, 6.07) is 59.8. The largest absolute Gasteiger partial charge is 0.452 e. The molecule has 10 aromatic rings. The molecule has 228 valence electrons. The van der Waals surface area contributed by atoms with Crippen molar-refractivity contribution in [2.45, 2.75) is 0 Å². The fourth-order valence-corrected chi connectivity index (χ4v) is 7.30. The van der Waals surface area contributed by atoms with E-state index in [2.05, 4.69) is 146 Å². The number of hydrogen-bond donors (Lipinski definition) is 0. The van der Waals surface area contributed by atoms with Crippen LogP contribution in [0.3, 0.4) is 0 Å². The molecule has 3 nitrogen and oxygen atoms in total. The van der Waals surface area contributed by atoms with Crippen molar-refractivity contribution in [2.75, 3.05) is 0 Å².